The third kappa shape index (κ3) is 1.15. The lowest BCUT2D eigenvalue weighted by Crippen LogP contribution is -2.18. The predicted octanol–water partition coefficient (Wildman–Crippen LogP) is 1.88. The van der Waals surface area contributed by atoms with Gasteiger partial charge in [-0.25, -0.2) is 4.98 Å². The molecule has 2 aliphatic rings. The highest BCUT2D eigenvalue weighted by molar-refractivity contribution is 5.55. The van der Waals surface area contributed by atoms with Crippen molar-refractivity contribution < 1.29 is 0 Å². The number of nitrogens with zero attached hydrogens (tertiary/aromatic N) is 2. The number of fused-ring (bicyclic) bond motifs is 3. The molecular weight excluding hydrogens is 186 g/mol. The van der Waals surface area contributed by atoms with Crippen LogP contribution in [0.15, 0.2) is 5.70 Å². The standard InChI is InChI=1S/C12H17N3/c1-7-5-11-10(6-9(7)13)14-12-4-3-8(2)15(11)12/h6-8H,3-5,13H2,1-2H3. The molecule has 1 aromatic heterocycles. The average Bonchev–Trinajstić information content (AvgIpc) is 2.69. The van der Waals surface area contributed by atoms with Crippen LogP contribution in [-0.4, -0.2) is 9.55 Å². The molecule has 0 saturated heterocycles. The van der Waals surface area contributed by atoms with Gasteiger partial charge in [-0.15, -0.1) is 0 Å². The Bertz CT molecular complexity index is 442. The van der Waals surface area contributed by atoms with Crippen LogP contribution < -0.4 is 5.73 Å². The molecule has 1 aliphatic carbocycles. The van der Waals surface area contributed by atoms with Gasteiger partial charge in [0.05, 0.1) is 5.69 Å². The zero-order chi connectivity index (χ0) is 10.6. The van der Waals surface area contributed by atoms with Crippen molar-refractivity contribution in [1.82, 2.24) is 9.55 Å². The van der Waals surface area contributed by atoms with Gasteiger partial charge in [0.15, 0.2) is 0 Å². The summed E-state index contributed by atoms with van der Waals surface area (Å²) in [6.45, 7) is 4.47. The van der Waals surface area contributed by atoms with Crippen LogP contribution in [0.3, 0.4) is 0 Å². The van der Waals surface area contributed by atoms with Crippen molar-refractivity contribution >= 4 is 6.08 Å². The number of rotatable bonds is 0. The fourth-order valence-electron chi connectivity index (χ4n) is 2.73. The molecule has 2 atom stereocenters. The van der Waals surface area contributed by atoms with Crippen molar-refractivity contribution in [2.24, 2.45) is 11.7 Å². The Kier molecular flexibility index (Phi) is 1.73. The summed E-state index contributed by atoms with van der Waals surface area (Å²) >= 11 is 0. The normalized spacial score (nSPS) is 28.5. The molecule has 3 heteroatoms. The fraction of sp³-hybridized carbons (Fsp3) is 0.583. The van der Waals surface area contributed by atoms with Crippen LogP contribution in [0.25, 0.3) is 6.08 Å². The molecule has 0 amide bonds. The first-order chi connectivity index (χ1) is 7.16. The molecule has 0 bridgehead atoms. The van der Waals surface area contributed by atoms with Crippen molar-refractivity contribution in [3.63, 3.8) is 0 Å². The Hall–Kier alpha value is -1.25. The monoisotopic (exact) mass is 203 g/mol. The van der Waals surface area contributed by atoms with Gasteiger partial charge in [-0.3, -0.25) is 0 Å². The third-order valence-electron chi connectivity index (χ3n) is 3.71. The van der Waals surface area contributed by atoms with E-state index < -0.39 is 0 Å². The smallest absolute Gasteiger partial charge is 0.109 e. The summed E-state index contributed by atoms with van der Waals surface area (Å²) in [5.41, 5.74) is 9.45. The lowest BCUT2D eigenvalue weighted by atomic mass is 9.94. The lowest BCUT2D eigenvalue weighted by Gasteiger charge is -2.20. The maximum absolute atomic E-state index is 5.96. The molecule has 1 aliphatic heterocycles. The van der Waals surface area contributed by atoms with Gasteiger partial charge in [0, 0.05) is 29.8 Å². The van der Waals surface area contributed by atoms with E-state index in [0.717, 1.165) is 24.2 Å². The largest absolute Gasteiger partial charge is 0.402 e. The van der Waals surface area contributed by atoms with E-state index in [1.54, 1.807) is 0 Å². The molecule has 0 radical (unpaired) electrons. The molecule has 3 nitrogen and oxygen atoms in total. The first-order valence-corrected chi connectivity index (χ1v) is 5.74. The number of allylic oxidation sites excluding steroid dienone is 1. The van der Waals surface area contributed by atoms with Crippen LogP contribution >= 0.6 is 0 Å². The molecule has 0 saturated carbocycles. The maximum Gasteiger partial charge on any atom is 0.109 e. The number of imidazole rings is 1. The van der Waals surface area contributed by atoms with Gasteiger partial charge < -0.3 is 10.3 Å². The first-order valence-electron chi connectivity index (χ1n) is 5.74. The summed E-state index contributed by atoms with van der Waals surface area (Å²) in [5.74, 6) is 1.72. The highest BCUT2D eigenvalue weighted by Gasteiger charge is 2.28. The van der Waals surface area contributed by atoms with Crippen molar-refractivity contribution in [2.75, 3.05) is 0 Å². The van der Waals surface area contributed by atoms with E-state index in [1.165, 1.54) is 17.9 Å². The van der Waals surface area contributed by atoms with Gasteiger partial charge in [0.2, 0.25) is 0 Å². The van der Waals surface area contributed by atoms with Gasteiger partial charge in [-0.1, -0.05) is 6.92 Å². The first kappa shape index (κ1) is 9.01. The Labute approximate surface area is 90.0 Å². The van der Waals surface area contributed by atoms with Crippen molar-refractivity contribution in [3.05, 3.63) is 22.9 Å². The van der Waals surface area contributed by atoms with Gasteiger partial charge in [-0.2, -0.15) is 0 Å². The van der Waals surface area contributed by atoms with Gasteiger partial charge in [0.1, 0.15) is 5.82 Å². The Balaban J connectivity index is 2.16. The van der Waals surface area contributed by atoms with E-state index in [-0.39, 0.29) is 0 Å². The van der Waals surface area contributed by atoms with E-state index in [1.807, 2.05) is 0 Å². The van der Waals surface area contributed by atoms with E-state index >= 15 is 0 Å². The molecule has 2 heterocycles. The second kappa shape index (κ2) is 2.87. The third-order valence-corrected chi connectivity index (χ3v) is 3.71. The zero-order valence-electron chi connectivity index (χ0n) is 9.33. The Morgan fingerprint density at radius 1 is 1.47 bits per heavy atom. The summed E-state index contributed by atoms with van der Waals surface area (Å²) in [5, 5.41) is 0. The molecule has 1 aromatic rings. The number of aromatic nitrogens is 2. The van der Waals surface area contributed by atoms with Crippen molar-refractivity contribution in [1.29, 1.82) is 0 Å². The molecule has 0 spiro atoms. The van der Waals surface area contributed by atoms with Gasteiger partial charge in [0.25, 0.3) is 0 Å². The Morgan fingerprint density at radius 3 is 3.07 bits per heavy atom. The maximum atomic E-state index is 5.96. The van der Waals surface area contributed by atoms with Crippen LogP contribution in [0.5, 0.6) is 0 Å². The van der Waals surface area contributed by atoms with Crippen LogP contribution in [0.1, 0.15) is 43.5 Å². The number of nitrogens with two attached hydrogens (primary N) is 1. The van der Waals surface area contributed by atoms with Crippen LogP contribution in [0.2, 0.25) is 0 Å². The molecule has 0 fully saturated rings. The number of hydrogen-bond acceptors (Lipinski definition) is 2. The van der Waals surface area contributed by atoms with Crippen molar-refractivity contribution in [3.8, 4) is 0 Å². The molecule has 2 N–H and O–H groups in total. The fourth-order valence-corrected chi connectivity index (χ4v) is 2.73. The minimum atomic E-state index is 0.464. The molecular formula is C12H17N3. The van der Waals surface area contributed by atoms with Crippen LogP contribution in [0.4, 0.5) is 0 Å². The van der Waals surface area contributed by atoms with Crippen LogP contribution in [0, 0.1) is 5.92 Å². The van der Waals surface area contributed by atoms with Gasteiger partial charge >= 0.3 is 0 Å². The van der Waals surface area contributed by atoms with Crippen LogP contribution in [-0.2, 0) is 12.8 Å². The van der Waals surface area contributed by atoms with E-state index in [4.69, 9.17) is 5.73 Å². The highest BCUT2D eigenvalue weighted by Crippen LogP contribution is 2.34. The average molecular weight is 203 g/mol. The predicted molar refractivity (Wildman–Crippen MR) is 60.3 cm³/mol. The van der Waals surface area contributed by atoms with Crippen molar-refractivity contribution in [2.45, 2.75) is 39.2 Å². The molecule has 15 heavy (non-hydrogen) atoms. The lowest BCUT2D eigenvalue weighted by molar-refractivity contribution is 0.533. The second-order valence-corrected chi connectivity index (χ2v) is 4.87. The van der Waals surface area contributed by atoms with Gasteiger partial charge in [-0.05, 0) is 25.8 Å². The summed E-state index contributed by atoms with van der Waals surface area (Å²) in [6.07, 6.45) is 5.47. The summed E-state index contributed by atoms with van der Waals surface area (Å²) in [7, 11) is 0. The quantitative estimate of drug-likeness (QED) is 0.699. The molecule has 3 rings (SSSR count). The highest BCUT2D eigenvalue weighted by atomic mass is 15.1. The SMILES string of the molecule is CC1Cc2c(nc3n2C(C)CC3)C=C1N. The molecule has 2 unspecified atom stereocenters. The summed E-state index contributed by atoms with van der Waals surface area (Å²) < 4.78 is 2.43. The molecule has 0 aromatic carbocycles. The van der Waals surface area contributed by atoms with E-state index in [2.05, 4.69) is 29.5 Å². The minimum Gasteiger partial charge on any atom is -0.402 e. The molecule has 80 valence electrons. The second-order valence-electron chi connectivity index (χ2n) is 4.87. The van der Waals surface area contributed by atoms with E-state index in [9.17, 15) is 0 Å². The minimum absolute atomic E-state index is 0.464. The summed E-state index contributed by atoms with van der Waals surface area (Å²) in [6, 6.07) is 0.621. The number of aryl methyl sites for hydroxylation is 1. The zero-order valence-corrected chi connectivity index (χ0v) is 9.33. The topological polar surface area (TPSA) is 43.8 Å². The Morgan fingerprint density at radius 2 is 2.27 bits per heavy atom. The summed E-state index contributed by atoms with van der Waals surface area (Å²) in [4.78, 5) is 4.67. The van der Waals surface area contributed by atoms with E-state index in [0.29, 0.717) is 12.0 Å². The number of hydrogen-bond donors (Lipinski definition) is 1.